The molecule has 1 aliphatic heterocycles. The molecule has 1 saturated heterocycles. The average Bonchev–Trinajstić information content (AvgIpc) is 3.84. The van der Waals surface area contributed by atoms with E-state index >= 15 is 4.79 Å². The second kappa shape index (κ2) is 29.4. The van der Waals surface area contributed by atoms with E-state index in [1.54, 1.807) is 53.3 Å². The molecule has 0 aliphatic carbocycles. The van der Waals surface area contributed by atoms with Gasteiger partial charge in [-0.2, -0.15) is 5.10 Å². The fourth-order valence-electron chi connectivity index (χ4n) is 9.27. The zero-order valence-corrected chi connectivity index (χ0v) is 50.3. The van der Waals surface area contributed by atoms with E-state index in [0.717, 1.165) is 30.7 Å². The van der Waals surface area contributed by atoms with Crippen LogP contribution in [-0.2, 0) is 76.7 Å². The molecular formula is C62H88N6O12. The van der Waals surface area contributed by atoms with E-state index in [0.29, 0.717) is 17.7 Å². The first-order valence-corrected chi connectivity index (χ1v) is 27.9. The second-order valence-electron chi connectivity index (χ2n) is 24.0. The van der Waals surface area contributed by atoms with E-state index in [4.69, 9.17) is 18.9 Å². The first-order chi connectivity index (χ1) is 37.4. The molecule has 18 nitrogen and oxygen atoms in total. The summed E-state index contributed by atoms with van der Waals surface area (Å²) in [7, 11) is 5.57. The van der Waals surface area contributed by atoms with Crippen molar-refractivity contribution in [2.45, 2.75) is 184 Å². The number of likely N-dealkylation sites (N-methyl/N-ethyl adjacent to an activating group) is 4. The first kappa shape index (κ1) is 65.5. The van der Waals surface area contributed by atoms with Gasteiger partial charge in [-0.3, -0.25) is 23.9 Å². The van der Waals surface area contributed by atoms with Gasteiger partial charge >= 0.3 is 23.9 Å². The molecule has 2 aromatic carbocycles. The molecule has 0 radical (unpaired) electrons. The van der Waals surface area contributed by atoms with Gasteiger partial charge in [-0.15, -0.1) is 0 Å². The Balaban J connectivity index is 1.84. The van der Waals surface area contributed by atoms with Gasteiger partial charge in [0.15, 0.2) is 24.4 Å². The zero-order valence-electron chi connectivity index (χ0n) is 50.3. The van der Waals surface area contributed by atoms with Crippen molar-refractivity contribution in [1.29, 1.82) is 0 Å². The predicted octanol–water partition coefficient (Wildman–Crippen LogP) is 7.31. The quantitative estimate of drug-likeness (QED) is 0.0884. The Bertz CT molecular complexity index is 2650. The third-order valence-corrected chi connectivity index (χ3v) is 13.7. The van der Waals surface area contributed by atoms with Gasteiger partial charge in [-0.05, 0) is 101 Å². The van der Waals surface area contributed by atoms with Gasteiger partial charge < -0.3 is 38.5 Å². The molecule has 0 bridgehead atoms. The Morgan fingerprint density at radius 1 is 0.487 bits per heavy atom. The van der Waals surface area contributed by atoms with E-state index in [9.17, 15) is 33.6 Å². The number of carbonyl (C=O) groups is 8. The largest absolute Gasteiger partial charge is 0.451 e. The Hall–Kier alpha value is -7.03. The Morgan fingerprint density at radius 2 is 0.825 bits per heavy atom. The van der Waals surface area contributed by atoms with E-state index < -0.39 is 96.1 Å². The topological polar surface area (TPSA) is 204 Å². The number of ether oxygens (including phenoxy) is 4. The molecule has 8 atom stereocenters. The number of aromatic nitrogens is 2. The lowest BCUT2D eigenvalue weighted by atomic mass is 9.98. The zero-order chi connectivity index (χ0) is 59.9. The molecule has 18 heteroatoms. The number of rotatable bonds is 14. The highest BCUT2D eigenvalue weighted by atomic mass is 16.6. The van der Waals surface area contributed by atoms with Gasteiger partial charge in [-0.25, -0.2) is 19.2 Å². The van der Waals surface area contributed by atoms with Gasteiger partial charge in [0.2, 0.25) is 0 Å². The van der Waals surface area contributed by atoms with Crippen molar-refractivity contribution in [2.75, 3.05) is 28.2 Å². The van der Waals surface area contributed by atoms with Gasteiger partial charge in [0.25, 0.3) is 23.6 Å². The molecule has 438 valence electrons. The molecule has 0 spiro atoms. The summed E-state index contributed by atoms with van der Waals surface area (Å²) < 4.78 is 25.8. The minimum Gasteiger partial charge on any atom is -0.451 e. The SMILES string of the molecule is CC(C)C[C@H]1C(=O)O[C@H](Cc2ccc(Cn3cc(C#CC(C)(C)C)cn3)cc2)C(=O)N(C)[C@@H](CC(C)C)C(=O)O[C@H](C)C(=O)N(C)[C@@H](CC(C)C)C(=O)O[C@H](Cc2ccccc2)C(=O)N(C)[C@@H](CC(C)C)C(=O)O[C@H](C)C(=O)N1C. The highest BCUT2D eigenvalue weighted by Crippen LogP contribution is 2.25. The van der Waals surface area contributed by atoms with Crippen molar-refractivity contribution < 1.29 is 57.3 Å². The van der Waals surface area contributed by atoms with Crippen molar-refractivity contribution in [3.63, 3.8) is 0 Å². The van der Waals surface area contributed by atoms with Crippen LogP contribution in [0.1, 0.15) is 138 Å². The summed E-state index contributed by atoms with van der Waals surface area (Å²) in [6.45, 7) is 24.1. The van der Waals surface area contributed by atoms with Crippen molar-refractivity contribution in [3.8, 4) is 11.8 Å². The number of nitrogens with zero attached hydrogens (tertiary/aromatic N) is 6. The summed E-state index contributed by atoms with van der Waals surface area (Å²) in [5.74, 6) is -0.984. The molecule has 0 saturated carbocycles. The van der Waals surface area contributed by atoms with Crippen molar-refractivity contribution in [2.24, 2.45) is 29.1 Å². The molecule has 2 heterocycles. The van der Waals surface area contributed by atoms with Crippen molar-refractivity contribution in [3.05, 3.63) is 89.2 Å². The van der Waals surface area contributed by atoms with Gasteiger partial charge in [-0.1, -0.05) is 122 Å². The number of cyclic esters (lactones) is 4. The second-order valence-corrected chi connectivity index (χ2v) is 24.0. The maximum Gasteiger partial charge on any atom is 0.329 e. The third kappa shape index (κ3) is 19.4. The molecule has 1 aromatic heterocycles. The van der Waals surface area contributed by atoms with Crippen LogP contribution in [0.5, 0.6) is 0 Å². The van der Waals surface area contributed by atoms with E-state index in [2.05, 4.69) is 16.9 Å². The molecular weight excluding hydrogens is 1020 g/mol. The average molecular weight is 1110 g/mol. The Morgan fingerprint density at radius 3 is 1.19 bits per heavy atom. The molecule has 4 rings (SSSR count). The smallest absolute Gasteiger partial charge is 0.329 e. The molecule has 1 aliphatic rings. The monoisotopic (exact) mass is 1110 g/mol. The van der Waals surface area contributed by atoms with Crippen LogP contribution in [0.4, 0.5) is 0 Å². The fourth-order valence-corrected chi connectivity index (χ4v) is 9.27. The summed E-state index contributed by atoms with van der Waals surface area (Å²) in [6, 6.07) is 11.1. The summed E-state index contributed by atoms with van der Waals surface area (Å²) in [5.41, 5.74) is 2.73. The standard InChI is InChI=1S/C62H88N6O12/c1-38(2)29-48-58(73)77-43(10)55(70)65(15)51(32-41(7)8)61(76)80-53(34-45-23-25-46(26-24-45)36-68-37-47(35-63-68)27-28-62(11,12)13)57(72)67(17)49(30-39(3)4)59(74)78-42(9)54(69)64(14)50(31-40(5)6)60(75)79-52(56(71)66(48)16)33-44-21-19-18-20-22-44/h18-26,35,37-43,48-53H,29-34,36H2,1-17H3/t42-,43-,48+,49+,50+,51+,52-,53-/m1/s1. The first-order valence-electron chi connectivity index (χ1n) is 27.9. The lowest BCUT2D eigenvalue weighted by Gasteiger charge is -2.35. The molecule has 0 N–H and O–H groups in total. The Labute approximate surface area is 474 Å². The number of hydrogen-bond donors (Lipinski definition) is 0. The Kier molecular flexibility index (Phi) is 24.1. The van der Waals surface area contributed by atoms with Gasteiger partial charge in [0.05, 0.1) is 18.3 Å². The number of benzene rings is 2. The highest BCUT2D eigenvalue weighted by molar-refractivity contribution is 5.94. The molecule has 4 amide bonds. The molecule has 80 heavy (non-hydrogen) atoms. The van der Waals surface area contributed by atoms with E-state index in [-0.39, 0.29) is 67.6 Å². The number of esters is 4. The molecule has 3 aromatic rings. The maximum atomic E-state index is 15.0. The molecule has 1 fully saturated rings. The van der Waals surface area contributed by atoms with Gasteiger partial charge in [0, 0.05) is 52.6 Å². The van der Waals surface area contributed by atoms with Crippen LogP contribution < -0.4 is 0 Å². The summed E-state index contributed by atoms with van der Waals surface area (Å²) >= 11 is 0. The maximum absolute atomic E-state index is 15.0. The summed E-state index contributed by atoms with van der Waals surface area (Å²) in [4.78, 5) is 121. The predicted molar refractivity (Wildman–Crippen MR) is 303 cm³/mol. The summed E-state index contributed by atoms with van der Waals surface area (Å²) in [5, 5.41) is 4.47. The highest BCUT2D eigenvalue weighted by Gasteiger charge is 2.43. The van der Waals surface area contributed by atoms with Crippen LogP contribution in [0.25, 0.3) is 0 Å². The fraction of sp³-hybridized carbons (Fsp3) is 0.597. The minimum absolute atomic E-state index is 0.0829. The van der Waals surface area contributed by atoms with Crippen LogP contribution in [0, 0.1) is 40.9 Å². The molecule has 0 unspecified atom stereocenters. The number of carbonyl (C=O) groups excluding carboxylic acids is 8. The van der Waals surface area contributed by atoms with Crippen LogP contribution in [-0.4, -0.2) is 154 Å². The number of amides is 4. The van der Waals surface area contributed by atoms with Crippen LogP contribution in [0.15, 0.2) is 67.0 Å². The van der Waals surface area contributed by atoms with E-state index in [1.165, 1.54) is 42.0 Å². The van der Waals surface area contributed by atoms with Crippen LogP contribution >= 0.6 is 0 Å². The lowest BCUT2D eigenvalue weighted by Crippen LogP contribution is -2.55. The van der Waals surface area contributed by atoms with Crippen LogP contribution in [0.3, 0.4) is 0 Å². The minimum atomic E-state index is -1.54. The van der Waals surface area contributed by atoms with Gasteiger partial charge in [0.1, 0.15) is 24.2 Å². The lowest BCUT2D eigenvalue weighted by molar-refractivity contribution is -0.176. The van der Waals surface area contributed by atoms with Crippen molar-refractivity contribution in [1.82, 2.24) is 29.4 Å². The third-order valence-electron chi connectivity index (χ3n) is 13.7. The normalized spacial score (nSPS) is 23.3. The van der Waals surface area contributed by atoms with E-state index in [1.807, 2.05) is 94.5 Å². The summed E-state index contributed by atoms with van der Waals surface area (Å²) in [6.07, 6.45) is -2.29. The van der Waals surface area contributed by atoms with Crippen LogP contribution in [0.2, 0.25) is 0 Å². The number of hydrogen-bond acceptors (Lipinski definition) is 13. The van der Waals surface area contributed by atoms with Crippen molar-refractivity contribution >= 4 is 47.5 Å².